The lowest BCUT2D eigenvalue weighted by Gasteiger charge is -2.38. The van der Waals surface area contributed by atoms with E-state index in [-0.39, 0.29) is 0 Å². The Balaban J connectivity index is 1.99. The van der Waals surface area contributed by atoms with Crippen LogP contribution in [-0.4, -0.2) is 30.6 Å². The number of nitrogens with one attached hydrogen (secondary N) is 1. The number of hydrogen-bond acceptors (Lipinski definition) is 2. The Labute approximate surface area is 138 Å². The van der Waals surface area contributed by atoms with Crippen molar-refractivity contribution in [3.05, 3.63) is 34.3 Å². The fourth-order valence-corrected chi connectivity index (χ4v) is 3.96. The predicted molar refractivity (Wildman–Crippen MR) is 94.6 cm³/mol. The molecule has 0 saturated carbocycles. The lowest BCUT2D eigenvalue weighted by molar-refractivity contribution is 0.109. The molecule has 3 heteroatoms. The first-order chi connectivity index (χ1) is 10.1. The van der Waals surface area contributed by atoms with Crippen LogP contribution < -0.4 is 5.32 Å². The Morgan fingerprint density at radius 3 is 2.81 bits per heavy atom. The van der Waals surface area contributed by atoms with Gasteiger partial charge in [-0.15, -0.1) is 0 Å². The molecule has 0 spiro atoms. The zero-order chi connectivity index (χ0) is 15.2. The van der Waals surface area contributed by atoms with Gasteiger partial charge in [0.2, 0.25) is 0 Å². The van der Waals surface area contributed by atoms with E-state index in [4.69, 9.17) is 0 Å². The number of rotatable bonds is 6. The smallest absolute Gasteiger partial charge is 0.0343 e. The molecule has 2 rings (SSSR count). The number of piperidine rings is 1. The third-order valence-corrected chi connectivity index (χ3v) is 5.66. The van der Waals surface area contributed by atoms with Crippen LogP contribution in [0.4, 0.5) is 0 Å². The van der Waals surface area contributed by atoms with E-state index in [1.807, 2.05) is 0 Å². The summed E-state index contributed by atoms with van der Waals surface area (Å²) in [5.74, 6) is 0.833. The highest BCUT2D eigenvalue weighted by molar-refractivity contribution is 9.10. The number of nitrogens with zero attached hydrogens (tertiary/aromatic N) is 1. The second kappa shape index (κ2) is 8.30. The van der Waals surface area contributed by atoms with Gasteiger partial charge in [-0.05, 0) is 56.8 Å². The van der Waals surface area contributed by atoms with Crippen molar-refractivity contribution in [1.29, 1.82) is 0 Å². The molecule has 0 radical (unpaired) electrons. The van der Waals surface area contributed by atoms with Gasteiger partial charge in [-0.2, -0.15) is 0 Å². The normalized spacial score (nSPS) is 25.0. The van der Waals surface area contributed by atoms with Gasteiger partial charge in [0.1, 0.15) is 0 Å². The molecule has 21 heavy (non-hydrogen) atoms. The van der Waals surface area contributed by atoms with Crippen LogP contribution in [0, 0.1) is 5.92 Å². The Hall–Kier alpha value is -0.380. The molecule has 0 amide bonds. The van der Waals surface area contributed by atoms with E-state index in [1.54, 1.807) is 0 Å². The van der Waals surface area contributed by atoms with Crippen LogP contribution in [0.1, 0.15) is 51.6 Å². The maximum absolute atomic E-state index is 3.70. The van der Waals surface area contributed by atoms with Gasteiger partial charge in [-0.25, -0.2) is 0 Å². The second-order valence-electron chi connectivity index (χ2n) is 6.32. The van der Waals surface area contributed by atoms with E-state index >= 15 is 0 Å². The molecule has 0 aromatic heterocycles. The second-order valence-corrected chi connectivity index (χ2v) is 7.17. The molecule has 1 aromatic rings. The summed E-state index contributed by atoms with van der Waals surface area (Å²) in [6.45, 7) is 10.4. The minimum atomic E-state index is 0.440. The highest BCUT2D eigenvalue weighted by Gasteiger charge is 2.25. The maximum atomic E-state index is 3.70. The van der Waals surface area contributed by atoms with Crippen molar-refractivity contribution in [2.24, 2.45) is 5.92 Å². The molecule has 0 bridgehead atoms. The minimum Gasteiger partial charge on any atom is -0.310 e. The Morgan fingerprint density at radius 1 is 1.33 bits per heavy atom. The van der Waals surface area contributed by atoms with E-state index in [0.717, 1.165) is 18.5 Å². The van der Waals surface area contributed by atoms with Crippen molar-refractivity contribution >= 4 is 15.9 Å². The SMILES string of the molecule is CCNC(CCN1CCCC(C)C1C)c1ccccc1Br. The van der Waals surface area contributed by atoms with Crippen LogP contribution in [0.15, 0.2) is 28.7 Å². The van der Waals surface area contributed by atoms with Crippen molar-refractivity contribution in [1.82, 2.24) is 10.2 Å². The summed E-state index contributed by atoms with van der Waals surface area (Å²) in [5.41, 5.74) is 1.39. The van der Waals surface area contributed by atoms with Gasteiger partial charge in [0.25, 0.3) is 0 Å². The van der Waals surface area contributed by atoms with Gasteiger partial charge in [0.05, 0.1) is 0 Å². The quantitative estimate of drug-likeness (QED) is 0.803. The van der Waals surface area contributed by atoms with Gasteiger partial charge in [-0.3, -0.25) is 0 Å². The summed E-state index contributed by atoms with van der Waals surface area (Å²) in [5, 5.41) is 3.65. The van der Waals surface area contributed by atoms with Gasteiger partial charge >= 0.3 is 0 Å². The third-order valence-electron chi connectivity index (χ3n) is 4.94. The van der Waals surface area contributed by atoms with Crippen molar-refractivity contribution in [2.75, 3.05) is 19.6 Å². The van der Waals surface area contributed by atoms with Crippen molar-refractivity contribution in [2.45, 2.75) is 52.1 Å². The van der Waals surface area contributed by atoms with E-state index in [2.05, 4.69) is 71.2 Å². The Bertz CT molecular complexity index is 435. The molecule has 1 fully saturated rings. The Morgan fingerprint density at radius 2 is 2.10 bits per heavy atom. The van der Waals surface area contributed by atoms with Gasteiger partial charge in [0.15, 0.2) is 0 Å². The average molecular weight is 353 g/mol. The molecule has 0 aliphatic carbocycles. The van der Waals surface area contributed by atoms with Crippen LogP contribution in [0.5, 0.6) is 0 Å². The summed E-state index contributed by atoms with van der Waals surface area (Å²) < 4.78 is 1.22. The zero-order valence-electron chi connectivity index (χ0n) is 13.6. The first kappa shape index (κ1) is 17.0. The number of likely N-dealkylation sites (tertiary alicyclic amines) is 1. The third kappa shape index (κ3) is 4.54. The van der Waals surface area contributed by atoms with Crippen molar-refractivity contribution in [3.8, 4) is 0 Å². The molecule has 1 aliphatic rings. The minimum absolute atomic E-state index is 0.440. The number of halogens is 1. The maximum Gasteiger partial charge on any atom is 0.0343 e. The van der Waals surface area contributed by atoms with Gasteiger partial charge in [0, 0.05) is 23.1 Å². The van der Waals surface area contributed by atoms with E-state index in [1.165, 1.54) is 42.4 Å². The molecule has 1 aliphatic heterocycles. The average Bonchev–Trinajstić information content (AvgIpc) is 2.48. The number of benzene rings is 1. The zero-order valence-corrected chi connectivity index (χ0v) is 15.2. The molecule has 1 heterocycles. The standard InChI is InChI=1S/C18H29BrN2/c1-4-20-18(16-9-5-6-10-17(16)19)11-13-21-12-7-8-14(2)15(21)3/h5-6,9-10,14-15,18,20H,4,7-8,11-13H2,1-3H3. The van der Waals surface area contributed by atoms with Crippen LogP contribution >= 0.6 is 15.9 Å². The molecule has 1 aromatic carbocycles. The largest absolute Gasteiger partial charge is 0.310 e. The molecular formula is C18H29BrN2. The topological polar surface area (TPSA) is 15.3 Å². The molecule has 1 saturated heterocycles. The van der Waals surface area contributed by atoms with E-state index < -0.39 is 0 Å². The van der Waals surface area contributed by atoms with Crippen molar-refractivity contribution < 1.29 is 0 Å². The molecule has 1 N–H and O–H groups in total. The summed E-state index contributed by atoms with van der Waals surface area (Å²) >= 11 is 3.70. The monoisotopic (exact) mass is 352 g/mol. The summed E-state index contributed by atoms with van der Waals surface area (Å²) in [6, 6.07) is 9.77. The summed E-state index contributed by atoms with van der Waals surface area (Å²) in [6.07, 6.45) is 3.92. The lowest BCUT2D eigenvalue weighted by atomic mass is 9.91. The molecule has 3 atom stereocenters. The summed E-state index contributed by atoms with van der Waals surface area (Å²) in [4.78, 5) is 2.68. The van der Waals surface area contributed by atoms with Crippen molar-refractivity contribution in [3.63, 3.8) is 0 Å². The molecule has 2 nitrogen and oxygen atoms in total. The fraction of sp³-hybridized carbons (Fsp3) is 0.667. The highest BCUT2D eigenvalue weighted by Crippen LogP contribution is 2.28. The lowest BCUT2D eigenvalue weighted by Crippen LogP contribution is -2.43. The first-order valence-corrected chi connectivity index (χ1v) is 9.14. The van der Waals surface area contributed by atoms with Crippen LogP contribution in [0.2, 0.25) is 0 Å². The number of hydrogen-bond donors (Lipinski definition) is 1. The molecule has 118 valence electrons. The fourth-order valence-electron chi connectivity index (χ4n) is 3.40. The van der Waals surface area contributed by atoms with Crippen LogP contribution in [-0.2, 0) is 0 Å². The van der Waals surface area contributed by atoms with Gasteiger partial charge in [-0.1, -0.05) is 48.0 Å². The highest BCUT2D eigenvalue weighted by atomic mass is 79.9. The van der Waals surface area contributed by atoms with Crippen LogP contribution in [0.3, 0.4) is 0 Å². The first-order valence-electron chi connectivity index (χ1n) is 8.35. The molecular weight excluding hydrogens is 324 g/mol. The summed E-state index contributed by atoms with van der Waals surface area (Å²) in [7, 11) is 0. The van der Waals surface area contributed by atoms with Gasteiger partial charge < -0.3 is 10.2 Å². The van der Waals surface area contributed by atoms with Crippen LogP contribution in [0.25, 0.3) is 0 Å². The van der Waals surface area contributed by atoms with E-state index in [9.17, 15) is 0 Å². The molecule has 3 unspecified atom stereocenters. The predicted octanol–water partition coefficient (Wildman–Crippen LogP) is 4.61. The van der Waals surface area contributed by atoms with E-state index in [0.29, 0.717) is 6.04 Å². The Kier molecular flexibility index (Phi) is 6.72.